The van der Waals surface area contributed by atoms with Gasteiger partial charge in [0.25, 0.3) is 0 Å². The lowest BCUT2D eigenvalue weighted by molar-refractivity contribution is -0.128. The molecule has 0 radical (unpaired) electrons. The molecule has 1 saturated carbocycles. The molecule has 16 heavy (non-hydrogen) atoms. The Hall–Kier alpha value is -0.710. The average Bonchev–Trinajstić information content (AvgIpc) is 1.97. The minimum atomic E-state index is -0.502. The summed E-state index contributed by atoms with van der Waals surface area (Å²) in [4.78, 5) is 22.6. The van der Waals surface area contributed by atoms with Gasteiger partial charge in [-0.1, -0.05) is 0 Å². The number of Topliss-reactive ketones (excluding diaryl/α,β-unsaturated/α-hetero) is 1. The van der Waals surface area contributed by atoms with Crippen molar-refractivity contribution < 1.29 is 14.3 Å². The highest BCUT2D eigenvalue weighted by molar-refractivity contribution is 7.98. The van der Waals surface area contributed by atoms with Gasteiger partial charge in [-0.25, -0.2) is 4.79 Å². The Kier molecular flexibility index (Phi) is 3.88. The molecule has 0 atom stereocenters. The first-order valence-electron chi connectivity index (χ1n) is 5.28. The van der Waals surface area contributed by atoms with Crippen LogP contribution < -0.4 is 5.32 Å². The van der Waals surface area contributed by atoms with Crippen molar-refractivity contribution in [2.45, 2.75) is 44.8 Å². The molecule has 4 nitrogen and oxygen atoms in total. The van der Waals surface area contributed by atoms with E-state index in [1.54, 1.807) is 11.8 Å². The van der Waals surface area contributed by atoms with E-state index in [1.807, 2.05) is 27.0 Å². The standard InChI is InChI=1S/C11H19NO3S/c1-10(2,3)15-9(14)12-11(7-16-4)5-8(13)6-11/h5-7H2,1-4H3,(H,12,14). The van der Waals surface area contributed by atoms with Gasteiger partial charge in [0.2, 0.25) is 0 Å². The lowest BCUT2D eigenvalue weighted by Crippen LogP contribution is -2.60. The minimum absolute atomic E-state index is 0.199. The SMILES string of the molecule is CSCC1(NC(=O)OC(C)(C)C)CC(=O)C1. The second-order valence-corrected chi connectivity index (χ2v) is 6.10. The van der Waals surface area contributed by atoms with Crippen LogP contribution in [0.1, 0.15) is 33.6 Å². The van der Waals surface area contributed by atoms with Gasteiger partial charge in [0.05, 0.1) is 5.54 Å². The van der Waals surface area contributed by atoms with Crippen LogP contribution in [0.15, 0.2) is 0 Å². The fraction of sp³-hybridized carbons (Fsp3) is 0.818. The molecule has 0 aromatic heterocycles. The Morgan fingerprint density at radius 2 is 2.06 bits per heavy atom. The topological polar surface area (TPSA) is 55.4 Å². The summed E-state index contributed by atoms with van der Waals surface area (Å²) in [7, 11) is 0. The lowest BCUT2D eigenvalue weighted by Gasteiger charge is -2.40. The number of carbonyl (C=O) groups excluding carboxylic acids is 2. The fourth-order valence-corrected chi connectivity index (χ4v) is 2.55. The van der Waals surface area contributed by atoms with Crippen molar-refractivity contribution in [3.05, 3.63) is 0 Å². The Balaban J connectivity index is 2.50. The Bertz CT molecular complexity index is 288. The predicted molar refractivity (Wildman–Crippen MR) is 64.7 cm³/mol. The van der Waals surface area contributed by atoms with E-state index >= 15 is 0 Å². The zero-order valence-corrected chi connectivity index (χ0v) is 11.1. The second kappa shape index (κ2) is 4.65. The summed E-state index contributed by atoms with van der Waals surface area (Å²) in [5, 5.41) is 2.81. The minimum Gasteiger partial charge on any atom is -0.444 e. The quantitative estimate of drug-likeness (QED) is 0.826. The number of ketones is 1. The van der Waals surface area contributed by atoms with E-state index in [2.05, 4.69) is 5.32 Å². The molecule has 0 aromatic carbocycles. The third kappa shape index (κ3) is 3.70. The smallest absolute Gasteiger partial charge is 0.408 e. The van der Waals surface area contributed by atoms with Crippen LogP contribution in [0.2, 0.25) is 0 Å². The molecule has 1 rings (SSSR count). The highest BCUT2D eigenvalue weighted by atomic mass is 32.2. The molecule has 5 heteroatoms. The highest BCUT2D eigenvalue weighted by Gasteiger charge is 2.45. The second-order valence-electron chi connectivity index (χ2n) is 5.23. The van der Waals surface area contributed by atoms with Gasteiger partial charge < -0.3 is 10.1 Å². The maximum atomic E-state index is 11.6. The average molecular weight is 245 g/mol. The summed E-state index contributed by atoms with van der Waals surface area (Å²) in [5.74, 6) is 0.947. The number of hydrogen-bond acceptors (Lipinski definition) is 4. The Morgan fingerprint density at radius 3 is 2.44 bits per heavy atom. The number of thioether (sulfide) groups is 1. The van der Waals surface area contributed by atoms with Crippen molar-refractivity contribution in [1.29, 1.82) is 0 Å². The summed E-state index contributed by atoms with van der Waals surface area (Å²) in [6.45, 7) is 5.46. The summed E-state index contributed by atoms with van der Waals surface area (Å²) in [6, 6.07) is 0. The van der Waals surface area contributed by atoms with Gasteiger partial charge in [0.1, 0.15) is 11.4 Å². The molecule has 0 aromatic rings. The van der Waals surface area contributed by atoms with Crippen molar-refractivity contribution in [2.75, 3.05) is 12.0 Å². The van der Waals surface area contributed by atoms with Gasteiger partial charge in [0, 0.05) is 18.6 Å². The van der Waals surface area contributed by atoms with E-state index < -0.39 is 11.7 Å². The van der Waals surface area contributed by atoms with Gasteiger partial charge in [-0.05, 0) is 27.0 Å². The largest absolute Gasteiger partial charge is 0.444 e. The normalized spacial score (nSPS) is 18.9. The Labute approximate surface area is 100 Å². The van der Waals surface area contributed by atoms with Crippen molar-refractivity contribution in [3.63, 3.8) is 0 Å². The zero-order valence-electron chi connectivity index (χ0n) is 10.3. The lowest BCUT2D eigenvalue weighted by atomic mass is 9.77. The van der Waals surface area contributed by atoms with Crippen molar-refractivity contribution in [1.82, 2.24) is 5.32 Å². The van der Waals surface area contributed by atoms with Gasteiger partial charge in [-0.15, -0.1) is 0 Å². The van der Waals surface area contributed by atoms with E-state index in [0.717, 1.165) is 5.75 Å². The van der Waals surface area contributed by atoms with Gasteiger partial charge in [-0.3, -0.25) is 4.79 Å². The Morgan fingerprint density at radius 1 is 1.50 bits per heavy atom. The third-order valence-electron chi connectivity index (χ3n) is 2.26. The fourth-order valence-electron chi connectivity index (χ4n) is 1.73. The van der Waals surface area contributed by atoms with Gasteiger partial charge >= 0.3 is 6.09 Å². The first kappa shape index (κ1) is 13.4. The van der Waals surface area contributed by atoms with Crippen LogP contribution in [0.3, 0.4) is 0 Å². The summed E-state index contributed by atoms with van der Waals surface area (Å²) >= 11 is 1.62. The molecule has 0 unspecified atom stereocenters. The van der Waals surface area contributed by atoms with Crippen molar-refractivity contribution in [2.24, 2.45) is 0 Å². The van der Waals surface area contributed by atoms with Crippen LogP contribution in [0.25, 0.3) is 0 Å². The summed E-state index contributed by atoms with van der Waals surface area (Å²) in [6.07, 6.45) is 2.37. The summed E-state index contributed by atoms with van der Waals surface area (Å²) in [5.41, 5.74) is -0.878. The molecule has 0 saturated heterocycles. The maximum Gasteiger partial charge on any atom is 0.408 e. The predicted octanol–water partition coefficient (Wildman–Crippen LogP) is 1.98. The number of alkyl carbamates (subject to hydrolysis) is 1. The van der Waals surface area contributed by atoms with Crippen LogP contribution in [-0.4, -0.2) is 35.0 Å². The zero-order chi connectivity index (χ0) is 12.4. The molecule has 0 bridgehead atoms. The van der Waals surface area contributed by atoms with Crippen molar-refractivity contribution in [3.8, 4) is 0 Å². The van der Waals surface area contributed by atoms with Crippen LogP contribution in [0, 0.1) is 0 Å². The van der Waals surface area contributed by atoms with Crippen molar-refractivity contribution >= 4 is 23.6 Å². The number of ether oxygens (including phenoxy) is 1. The first-order chi connectivity index (χ1) is 7.26. The number of nitrogens with one attached hydrogen (secondary N) is 1. The number of carbonyl (C=O) groups is 2. The van der Waals surface area contributed by atoms with Crippen LogP contribution >= 0.6 is 11.8 Å². The molecule has 1 fully saturated rings. The molecule has 1 N–H and O–H groups in total. The first-order valence-corrected chi connectivity index (χ1v) is 6.68. The van der Waals surface area contributed by atoms with E-state index in [9.17, 15) is 9.59 Å². The molecule has 1 amide bonds. The van der Waals surface area contributed by atoms with E-state index in [-0.39, 0.29) is 11.3 Å². The molecule has 92 valence electrons. The molecule has 0 heterocycles. The summed E-state index contributed by atoms with van der Waals surface area (Å²) < 4.78 is 5.18. The monoisotopic (exact) mass is 245 g/mol. The van der Waals surface area contributed by atoms with Crippen LogP contribution in [0.5, 0.6) is 0 Å². The highest BCUT2D eigenvalue weighted by Crippen LogP contribution is 2.31. The van der Waals surface area contributed by atoms with E-state index in [1.165, 1.54) is 0 Å². The van der Waals surface area contributed by atoms with E-state index in [0.29, 0.717) is 12.8 Å². The molecule has 0 spiro atoms. The van der Waals surface area contributed by atoms with Crippen LogP contribution in [-0.2, 0) is 9.53 Å². The molecular weight excluding hydrogens is 226 g/mol. The molecule has 1 aliphatic carbocycles. The third-order valence-corrected chi connectivity index (χ3v) is 3.10. The molecular formula is C11H19NO3S. The maximum absolute atomic E-state index is 11.6. The van der Waals surface area contributed by atoms with Gasteiger partial charge in [0.15, 0.2) is 0 Å². The van der Waals surface area contributed by atoms with Gasteiger partial charge in [-0.2, -0.15) is 11.8 Å². The molecule has 1 aliphatic rings. The number of rotatable bonds is 3. The number of hydrogen-bond donors (Lipinski definition) is 1. The molecule has 0 aliphatic heterocycles. The number of amides is 1. The van der Waals surface area contributed by atoms with Crippen LogP contribution in [0.4, 0.5) is 4.79 Å². The van der Waals surface area contributed by atoms with E-state index in [4.69, 9.17) is 4.74 Å².